The van der Waals surface area contributed by atoms with E-state index >= 15 is 0 Å². The van der Waals surface area contributed by atoms with Crippen LogP contribution in [0.1, 0.15) is 50.7 Å². The summed E-state index contributed by atoms with van der Waals surface area (Å²) < 4.78 is 2.93. The predicted octanol–water partition coefficient (Wildman–Crippen LogP) is 4.99. The first kappa shape index (κ1) is 20.9. The third-order valence-electron chi connectivity index (χ3n) is 6.09. The molecule has 1 unspecified atom stereocenters. The lowest BCUT2D eigenvalue weighted by atomic mass is 9.99. The number of unbranched alkanes of at least 4 members (excludes halogenated alkanes) is 1. The summed E-state index contributed by atoms with van der Waals surface area (Å²) in [5.74, 6) is 0.345. The van der Waals surface area contributed by atoms with Crippen LogP contribution in [-0.2, 0) is 11.3 Å². The number of carbonyl (C=O) groups is 1. The molecule has 0 aliphatic carbocycles. The molecule has 3 aromatic rings. The van der Waals surface area contributed by atoms with Crippen molar-refractivity contribution in [3.05, 3.63) is 62.6 Å². The van der Waals surface area contributed by atoms with Crippen LogP contribution in [0.15, 0.2) is 45.9 Å². The molecule has 0 saturated carbocycles. The molecule has 4 rings (SSSR count). The molecule has 5 heteroatoms. The van der Waals surface area contributed by atoms with E-state index in [0.29, 0.717) is 22.4 Å². The topological polar surface area (TPSA) is 54.6 Å². The summed E-state index contributed by atoms with van der Waals surface area (Å²) in [4.78, 5) is 17.2. The smallest absolute Gasteiger partial charge is 0.279 e. The minimum atomic E-state index is -0.286. The van der Waals surface area contributed by atoms with E-state index in [4.69, 9.17) is 0 Å². The molecule has 30 heavy (non-hydrogen) atoms. The quantitative estimate of drug-likeness (QED) is 0.532. The third kappa shape index (κ3) is 3.60. The maximum atomic E-state index is 12.9. The Balaban J connectivity index is 1.95. The number of halogens is 1. The fraction of sp³-hybridized carbons (Fsp3) is 0.360. The zero-order valence-corrected chi connectivity index (χ0v) is 19.3. The van der Waals surface area contributed by atoms with Gasteiger partial charge in [-0.15, -0.1) is 0 Å². The van der Waals surface area contributed by atoms with Gasteiger partial charge in [0.2, 0.25) is 0 Å². The van der Waals surface area contributed by atoms with Crippen LogP contribution in [0.5, 0.6) is 5.88 Å². The van der Waals surface area contributed by atoms with E-state index in [9.17, 15) is 9.90 Å². The van der Waals surface area contributed by atoms with Crippen molar-refractivity contribution >= 4 is 38.3 Å². The van der Waals surface area contributed by atoms with Gasteiger partial charge in [0.25, 0.3) is 5.91 Å². The molecule has 2 heterocycles. The van der Waals surface area contributed by atoms with Gasteiger partial charge in [0.1, 0.15) is 0 Å². The van der Waals surface area contributed by atoms with Crippen LogP contribution in [0.2, 0.25) is 0 Å². The number of hydrogen-bond acceptors (Lipinski definition) is 2. The SMILES string of the molecule is CCCCC(CC)Cn1c(O)c(C2=c3ccc(C)cc3=NC2=O)c2ccc(Br)cc21. The van der Waals surface area contributed by atoms with Crippen molar-refractivity contribution in [1.82, 2.24) is 4.57 Å². The van der Waals surface area contributed by atoms with Crippen LogP contribution in [0.4, 0.5) is 0 Å². The highest BCUT2D eigenvalue weighted by molar-refractivity contribution is 9.10. The van der Waals surface area contributed by atoms with E-state index in [1.54, 1.807) is 0 Å². The van der Waals surface area contributed by atoms with Crippen molar-refractivity contribution in [2.24, 2.45) is 10.9 Å². The van der Waals surface area contributed by atoms with Gasteiger partial charge in [0.05, 0.1) is 22.0 Å². The second-order valence-corrected chi connectivity index (χ2v) is 9.12. The largest absolute Gasteiger partial charge is 0.494 e. The van der Waals surface area contributed by atoms with Crippen LogP contribution >= 0.6 is 15.9 Å². The molecule has 156 valence electrons. The average Bonchev–Trinajstić information content (AvgIpc) is 3.17. The van der Waals surface area contributed by atoms with E-state index in [-0.39, 0.29) is 11.8 Å². The number of amides is 1. The number of rotatable bonds is 7. The molecule has 1 amide bonds. The summed E-state index contributed by atoms with van der Waals surface area (Å²) in [6.45, 7) is 7.12. The van der Waals surface area contributed by atoms with Crippen molar-refractivity contribution in [1.29, 1.82) is 0 Å². The third-order valence-corrected chi connectivity index (χ3v) is 6.58. The molecule has 1 aliphatic rings. The lowest BCUT2D eigenvalue weighted by Crippen LogP contribution is -2.23. The van der Waals surface area contributed by atoms with Gasteiger partial charge in [-0.3, -0.25) is 4.79 Å². The highest BCUT2D eigenvalue weighted by Gasteiger charge is 2.28. The Morgan fingerprint density at radius 3 is 2.70 bits per heavy atom. The van der Waals surface area contributed by atoms with Gasteiger partial charge in [-0.25, -0.2) is 4.99 Å². The van der Waals surface area contributed by atoms with Crippen LogP contribution in [-0.4, -0.2) is 15.6 Å². The van der Waals surface area contributed by atoms with Gasteiger partial charge in [-0.1, -0.05) is 67.2 Å². The highest BCUT2D eigenvalue weighted by Crippen LogP contribution is 2.38. The van der Waals surface area contributed by atoms with Gasteiger partial charge >= 0.3 is 0 Å². The van der Waals surface area contributed by atoms with Crippen molar-refractivity contribution < 1.29 is 9.90 Å². The first-order valence-electron chi connectivity index (χ1n) is 10.7. The van der Waals surface area contributed by atoms with Crippen LogP contribution < -0.4 is 10.6 Å². The van der Waals surface area contributed by atoms with E-state index in [0.717, 1.165) is 52.0 Å². The molecule has 1 aromatic heterocycles. The molecule has 4 nitrogen and oxygen atoms in total. The minimum absolute atomic E-state index is 0.157. The fourth-order valence-electron chi connectivity index (χ4n) is 4.38. The number of carbonyl (C=O) groups excluding carboxylic acids is 1. The Bertz CT molecular complexity index is 1260. The summed E-state index contributed by atoms with van der Waals surface area (Å²) in [6, 6.07) is 11.8. The summed E-state index contributed by atoms with van der Waals surface area (Å²) in [7, 11) is 0. The van der Waals surface area contributed by atoms with Crippen molar-refractivity contribution in [2.45, 2.75) is 53.0 Å². The van der Waals surface area contributed by atoms with Gasteiger partial charge in [0, 0.05) is 21.6 Å². The molecule has 0 radical (unpaired) electrons. The Morgan fingerprint density at radius 1 is 1.17 bits per heavy atom. The summed E-state index contributed by atoms with van der Waals surface area (Å²) in [6.07, 6.45) is 4.52. The maximum Gasteiger partial charge on any atom is 0.279 e. The standard InChI is InChI=1S/C25H27BrN2O2/c1-4-6-7-16(5-2)14-28-21-13-17(26)9-11-19(21)23(25(28)30)22-18-10-8-15(3)12-20(18)27-24(22)29/h8-13,16,30H,4-7,14H2,1-3H3. The molecular formula is C25H27BrN2O2. The summed E-state index contributed by atoms with van der Waals surface area (Å²) in [5.41, 5.74) is 3.09. The van der Waals surface area contributed by atoms with E-state index in [2.05, 4.69) is 34.8 Å². The first-order chi connectivity index (χ1) is 14.4. The Hall–Kier alpha value is -2.40. The van der Waals surface area contributed by atoms with Crippen molar-refractivity contribution in [3.8, 4) is 5.88 Å². The molecule has 1 aliphatic heterocycles. The van der Waals surface area contributed by atoms with Crippen LogP contribution in [0, 0.1) is 12.8 Å². The molecule has 0 bridgehead atoms. The van der Waals surface area contributed by atoms with E-state index in [1.807, 2.05) is 47.9 Å². The van der Waals surface area contributed by atoms with E-state index in [1.165, 1.54) is 6.42 Å². The van der Waals surface area contributed by atoms with Gasteiger partial charge in [-0.2, -0.15) is 0 Å². The lowest BCUT2D eigenvalue weighted by molar-refractivity contribution is -0.112. The highest BCUT2D eigenvalue weighted by atomic mass is 79.9. The van der Waals surface area contributed by atoms with Gasteiger partial charge in [-0.05, 0) is 43.0 Å². The predicted molar refractivity (Wildman–Crippen MR) is 124 cm³/mol. The molecule has 0 fully saturated rings. The molecule has 0 spiro atoms. The Kier molecular flexibility index (Phi) is 5.83. The van der Waals surface area contributed by atoms with Gasteiger partial charge in [0.15, 0.2) is 5.88 Å². The first-order valence-corrected chi connectivity index (χ1v) is 11.5. The molecular weight excluding hydrogens is 440 g/mol. The number of hydrogen-bond donors (Lipinski definition) is 1. The normalized spacial score (nSPS) is 14.3. The number of aromatic nitrogens is 1. The average molecular weight is 467 g/mol. The zero-order chi connectivity index (χ0) is 21.4. The maximum absolute atomic E-state index is 12.9. The minimum Gasteiger partial charge on any atom is -0.494 e. The lowest BCUT2D eigenvalue weighted by Gasteiger charge is -2.17. The molecule has 2 aromatic carbocycles. The van der Waals surface area contributed by atoms with Gasteiger partial charge < -0.3 is 9.67 Å². The summed E-state index contributed by atoms with van der Waals surface area (Å²) >= 11 is 3.57. The molecule has 0 saturated heterocycles. The number of benzene rings is 2. The fourth-order valence-corrected chi connectivity index (χ4v) is 4.73. The summed E-state index contributed by atoms with van der Waals surface area (Å²) in [5, 5.41) is 13.7. The Morgan fingerprint density at radius 2 is 1.97 bits per heavy atom. The molecule has 1 N–H and O–H groups in total. The second kappa shape index (κ2) is 8.38. The number of aryl methyl sites for hydroxylation is 1. The second-order valence-electron chi connectivity index (χ2n) is 8.20. The van der Waals surface area contributed by atoms with E-state index < -0.39 is 0 Å². The zero-order valence-electron chi connectivity index (χ0n) is 17.7. The van der Waals surface area contributed by atoms with Crippen molar-refractivity contribution in [3.63, 3.8) is 0 Å². The monoisotopic (exact) mass is 466 g/mol. The number of fused-ring (bicyclic) bond motifs is 2. The Labute approximate surface area is 185 Å². The van der Waals surface area contributed by atoms with Crippen molar-refractivity contribution in [2.75, 3.05) is 0 Å². The van der Waals surface area contributed by atoms with Crippen LogP contribution in [0.3, 0.4) is 0 Å². The molecule has 1 atom stereocenters. The number of nitrogens with zero attached hydrogens (tertiary/aromatic N) is 2. The van der Waals surface area contributed by atoms with Crippen LogP contribution in [0.25, 0.3) is 16.5 Å². The number of aromatic hydroxyl groups is 1.